The Balaban J connectivity index is 2.22. The third-order valence-corrected chi connectivity index (χ3v) is 3.00. The van der Waals surface area contributed by atoms with E-state index in [1.165, 1.54) is 11.3 Å². The summed E-state index contributed by atoms with van der Waals surface area (Å²) in [7, 11) is 0. The predicted molar refractivity (Wildman–Crippen MR) is 68.2 cm³/mol. The lowest BCUT2D eigenvalue weighted by Crippen LogP contribution is -2.16. The van der Waals surface area contributed by atoms with E-state index in [0.717, 1.165) is 11.4 Å². The zero-order valence-electron chi connectivity index (χ0n) is 9.52. The first kappa shape index (κ1) is 11.5. The first-order chi connectivity index (χ1) is 8.06. The number of aromatic nitrogens is 2. The van der Waals surface area contributed by atoms with Crippen molar-refractivity contribution < 1.29 is 4.79 Å². The average Bonchev–Trinajstić information content (AvgIpc) is 2.67. The Bertz CT molecular complexity index is 564. The summed E-state index contributed by atoms with van der Waals surface area (Å²) in [5, 5.41) is 5.09. The lowest BCUT2D eigenvalue weighted by atomic mass is 10.2. The molecule has 2 aromatic heterocycles. The molecule has 0 bridgehead atoms. The van der Waals surface area contributed by atoms with Crippen molar-refractivity contribution in [2.24, 2.45) is 0 Å². The Morgan fingerprint density at radius 3 is 2.71 bits per heavy atom. The molecule has 0 fully saturated rings. The first-order valence-electron chi connectivity index (χ1n) is 5.03. The van der Waals surface area contributed by atoms with Gasteiger partial charge in [0.2, 0.25) is 0 Å². The van der Waals surface area contributed by atoms with Crippen molar-refractivity contribution in [3.05, 3.63) is 34.6 Å². The van der Waals surface area contributed by atoms with Crippen LogP contribution in [0.1, 0.15) is 21.9 Å². The van der Waals surface area contributed by atoms with Gasteiger partial charge in [0, 0.05) is 11.1 Å². The van der Waals surface area contributed by atoms with Crippen LogP contribution in [0.25, 0.3) is 0 Å². The van der Waals surface area contributed by atoms with Crippen LogP contribution in [0.3, 0.4) is 0 Å². The second kappa shape index (κ2) is 4.50. The van der Waals surface area contributed by atoms with Gasteiger partial charge in [-0.05, 0) is 26.0 Å². The van der Waals surface area contributed by atoms with E-state index in [4.69, 9.17) is 5.73 Å². The summed E-state index contributed by atoms with van der Waals surface area (Å²) in [6.45, 7) is 3.68. The number of amides is 1. The molecule has 17 heavy (non-hydrogen) atoms. The maximum Gasteiger partial charge on any atom is 0.278 e. The summed E-state index contributed by atoms with van der Waals surface area (Å²) < 4.78 is 0. The summed E-state index contributed by atoms with van der Waals surface area (Å²) in [5.74, 6) is -0.333. The Morgan fingerprint density at radius 1 is 1.29 bits per heavy atom. The summed E-state index contributed by atoms with van der Waals surface area (Å²) in [6.07, 6.45) is 0. The summed E-state index contributed by atoms with van der Waals surface area (Å²) in [5.41, 5.74) is 7.93. The maximum atomic E-state index is 11.9. The van der Waals surface area contributed by atoms with Crippen LogP contribution in [-0.2, 0) is 0 Å². The lowest BCUT2D eigenvalue weighted by Gasteiger charge is -2.04. The predicted octanol–water partition coefficient (Wildman–Crippen LogP) is 1.99. The van der Waals surface area contributed by atoms with Gasteiger partial charge in [0.05, 0.1) is 11.4 Å². The molecule has 0 spiro atoms. The van der Waals surface area contributed by atoms with Crippen LogP contribution in [0.2, 0.25) is 0 Å². The minimum atomic E-state index is -0.333. The highest BCUT2D eigenvalue weighted by atomic mass is 32.1. The molecule has 88 valence electrons. The molecular weight excluding hydrogens is 236 g/mol. The Morgan fingerprint density at radius 2 is 2.06 bits per heavy atom. The zero-order valence-corrected chi connectivity index (χ0v) is 10.3. The number of aryl methyl sites for hydroxylation is 2. The highest BCUT2D eigenvalue weighted by Gasteiger charge is 2.13. The van der Waals surface area contributed by atoms with Crippen LogP contribution in [-0.4, -0.2) is 15.9 Å². The molecule has 0 aliphatic rings. The number of carbonyl (C=O) groups is 1. The van der Waals surface area contributed by atoms with Gasteiger partial charge in [0.25, 0.3) is 5.91 Å². The van der Waals surface area contributed by atoms with Crippen molar-refractivity contribution in [3.8, 4) is 0 Å². The molecule has 0 aliphatic carbocycles. The van der Waals surface area contributed by atoms with E-state index >= 15 is 0 Å². The van der Waals surface area contributed by atoms with Crippen LogP contribution in [0.5, 0.6) is 0 Å². The quantitative estimate of drug-likeness (QED) is 0.851. The number of pyridine rings is 1. The van der Waals surface area contributed by atoms with E-state index in [-0.39, 0.29) is 11.6 Å². The molecule has 0 radical (unpaired) electrons. The number of nitrogens with zero attached hydrogens (tertiary/aromatic N) is 2. The zero-order chi connectivity index (χ0) is 12.4. The molecule has 5 nitrogen and oxygen atoms in total. The number of hydrogen-bond acceptors (Lipinski definition) is 5. The molecule has 3 N–H and O–H groups in total. The van der Waals surface area contributed by atoms with Gasteiger partial charge in [0.15, 0.2) is 10.8 Å². The number of nitrogen functional groups attached to an aromatic ring is 1. The summed E-state index contributed by atoms with van der Waals surface area (Å²) in [6, 6.07) is 3.43. The van der Waals surface area contributed by atoms with Crippen LogP contribution >= 0.6 is 11.3 Å². The van der Waals surface area contributed by atoms with Gasteiger partial charge in [-0.3, -0.25) is 10.1 Å². The minimum Gasteiger partial charge on any atom is -0.397 e. The van der Waals surface area contributed by atoms with E-state index in [2.05, 4.69) is 15.3 Å². The fraction of sp³-hybridized carbons (Fsp3) is 0.182. The molecule has 1 amide bonds. The largest absolute Gasteiger partial charge is 0.397 e. The molecule has 0 aliphatic heterocycles. The van der Waals surface area contributed by atoms with Gasteiger partial charge in [-0.2, -0.15) is 0 Å². The van der Waals surface area contributed by atoms with Crippen LogP contribution < -0.4 is 11.1 Å². The molecule has 2 rings (SSSR count). The molecule has 0 saturated heterocycles. The van der Waals surface area contributed by atoms with E-state index in [9.17, 15) is 4.79 Å². The average molecular weight is 248 g/mol. The molecule has 2 aromatic rings. The lowest BCUT2D eigenvalue weighted by molar-refractivity contribution is 0.102. The van der Waals surface area contributed by atoms with Crippen molar-refractivity contribution in [2.45, 2.75) is 13.8 Å². The van der Waals surface area contributed by atoms with Crippen LogP contribution in [0, 0.1) is 13.8 Å². The Kier molecular flexibility index (Phi) is 3.06. The first-order valence-corrected chi connectivity index (χ1v) is 5.91. The highest BCUT2D eigenvalue weighted by Crippen LogP contribution is 2.17. The summed E-state index contributed by atoms with van der Waals surface area (Å²) in [4.78, 5) is 20.2. The standard InChI is InChI=1S/C11H12N4OS/c1-6-3-4-8(12)9(13-6)10(16)15-11-14-7(2)5-17-11/h3-5H,12H2,1-2H3,(H,14,15,16). The number of rotatable bonds is 2. The number of nitrogens with one attached hydrogen (secondary N) is 1. The normalized spacial score (nSPS) is 10.2. The van der Waals surface area contributed by atoms with Crippen molar-refractivity contribution in [1.82, 2.24) is 9.97 Å². The topological polar surface area (TPSA) is 80.9 Å². The van der Waals surface area contributed by atoms with E-state index in [1.54, 1.807) is 12.1 Å². The van der Waals surface area contributed by atoms with Crippen molar-refractivity contribution in [1.29, 1.82) is 0 Å². The van der Waals surface area contributed by atoms with Gasteiger partial charge in [-0.1, -0.05) is 0 Å². The van der Waals surface area contributed by atoms with Gasteiger partial charge < -0.3 is 5.73 Å². The third kappa shape index (κ3) is 2.59. The fourth-order valence-electron chi connectivity index (χ4n) is 1.32. The maximum absolute atomic E-state index is 11.9. The van der Waals surface area contributed by atoms with Crippen LogP contribution in [0.15, 0.2) is 17.5 Å². The second-order valence-corrected chi connectivity index (χ2v) is 4.50. The monoisotopic (exact) mass is 248 g/mol. The molecule has 0 saturated carbocycles. The molecule has 2 heterocycles. The number of thiazole rings is 1. The smallest absolute Gasteiger partial charge is 0.278 e. The molecule has 0 atom stereocenters. The number of nitrogens with two attached hydrogens (primary N) is 1. The second-order valence-electron chi connectivity index (χ2n) is 3.64. The SMILES string of the molecule is Cc1csc(NC(=O)c2nc(C)ccc2N)n1. The van der Waals surface area contributed by atoms with Crippen molar-refractivity contribution in [3.63, 3.8) is 0 Å². The van der Waals surface area contributed by atoms with Gasteiger partial charge in [-0.15, -0.1) is 11.3 Å². The third-order valence-electron chi connectivity index (χ3n) is 2.12. The fourth-order valence-corrected chi connectivity index (χ4v) is 2.00. The Labute approximate surface area is 103 Å². The number of hydrogen-bond donors (Lipinski definition) is 2. The molecular formula is C11H12N4OS. The number of carbonyl (C=O) groups excluding carboxylic acids is 1. The van der Waals surface area contributed by atoms with Crippen LogP contribution in [0.4, 0.5) is 10.8 Å². The van der Waals surface area contributed by atoms with Gasteiger partial charge in [0.1, 0.15) is 0 Å². The molecule has 0 unspecified atom stereocenters. The van der Waals surface area contributed by atoms with E-state index in [1.807, 2.05) is 19.2 Å². The van der Waals surface area contributed by atoms with Crippen molar-refractivity contribution >= 4 is 28.1 Å². The van der Waals surface area contributed by atoms with Crippen molar-refractivity contribution in [2.75, 3.05) is 11.1 Å². The number of anilines is 2. The molecule has 6 heteroatoms. The van der Waals surface area contributed by atoms with E-state index in [0.29, 0.717) is 10.8 Å². The molecule has 0 aromatic carbocycles. The highest BCUT2D eigenvalue weighted by molar-refractivity contribution is 7.13. The minimum absolute atomic E-state index is 0.234. The van der Waals surface area contributed by atoms with E-state index < -0.39 is 0 Å². The van der Waals surface area contributed by atoms with Gasteiger partial charge >= 0.3 is 0 Å². The van der Waals surface area contributed by atoms with Gasteiger partial charge in [-0.25, -0.2) is 9.97 Å². The summed E-state index contributed by atoms with van der Waals surface area (Å²) >= 11 is 1.37. The Hall–Kier alpha value is -1.95.